The normalized spacial score (nSPS) is 12.5. The Balaban J connectivity index is 1.96. The van der Waals surface area contributed by atoms with E-state index in [9.17, 15) is 20.2 Å². The molecule has 3 aromatic carbocycles. The molecule has 3 aromatic rings. The molecule has 0 aliphatic carbocycles. The molecule has 0 aromatic heterocycles. The van der Waals surface area contributed by atoms with Gasteiger partial charge in [-0.2, -0.15) is 0 Å². The predicted octanol–water partition coefficient (Wildman–Crippen LogP) is 4.77. The third-order valence-electron chi connectivity index (χ3n) is 4.58. The number of allylic oxidation sites excluding steroid dienone is 4. The first-order chi connectivity index (χ1) is 17.6. The quantitative estimate of drug-likeness (QED) is 0.114. The molecule has 37 heavy (non-hydrogen) atoms. The summed E-state index contributed by atoms with van der Waals surface area (Å²) in [7, 11) is 0. The van der Waals surface area contributed by atoms with E-state index in [1.807, 2.05) is 36.4 Å². The Morgan fingerprint density at radius 3 is 1.92 bits per heavy atom. The van der Waals surface area contributed by atoms with Crippen molar-refractivity contribution in [3.63, 3.8) is 0 Å². The van der Waals surface area contributed by atoms with Crippen molar-refractivity contribution in [2.45, 2.75) is 20.8 Å². The van der Waals surface area contributed by atoms with E-state index in [0.717, 1.165) is 15.0 Å². The molecular formula is C27H26N4O4Se2. The van der Waals surface area contributed by atoms with Crippen LogP contribution in [0.3, 0.4) is 0 Å². The van der Waals surface area contributed by atoms with E-state index in [1.54, 1.807) is 6.21 Å². The Hall–Kier alpha value is -3.55. The van der Waals surface area contributed by atoms with Crippen LogP contribution in [0.4, 0.5) is 17.1 Å². The fraction of sp³-hybridized carbons (Fsp3) is 0.148. The molecule has 0 saturated carbocycles. The molecule has 10 heteroatoms. The molecule has 0 saturated heterocycles. The fourth-order valence-corrected chi connectivity index (χ4v) is 7.67. The van der Waals surface area contributed by atoms with E-state index in [0.29, 0.717) is 0 Å². The number of nitro groups is 2. The molecule has 3 rings (SSSR count). The van der Waals surface area contributed by atoms with Crippen molar-refractivity contribution < 1.29 is 9.85 Å². The zero-order valence-electron chi connectivity index (χ0n) is 20.5. The van der Waals surface area contributed by atoms with Gasteiger partial charge in [0.2, 0.25) is 0 Å². The summed E-state index contributed by atoms with van der Waals surface area (Å²) in [6, 6.07) is 23.8. The number of benzene rings is 3. The zero-order chi connectivity index (χ0) is 26.8. The summed E-state index contributed by atoms with van der Waals surface area (Å²) in [6.45, 7) is 6.48. The second-order valence-corrected chi connectivity index (χ2v) is 13.7. The zero-order valence-corrected chi connectivity index (χ0v) is 24.0. The van der Waals surface area contributed by atoms with E-state index in [4.69, 9.17) is 0 Å². The van der Waals surface area contributed by atoms with Crippen LogP contribution in [-0.2, 0) is 0 Å². The van der Waals surface area contributed by atoms with Crippen LogP contribution in [0, 0.1) is 25.6 Å². The van der Waals surface area contributed by atoms with E-state index in [2.05, 4.69) is 67.7 Å². The van der Waals surface area contributed by atoms with Crippen LogP contribution in [-0.4, -0.2) is 46.0 Å². The minimum atomic E-state index is -0.666. The molecular weight excluding hydrogens is 602 g/mol. The van der Waals surface area contributed by atoms with Crippen LogP contribution in [0.2, 0.25) is 0 Å². The van der Waals surface area contributed by atoms with E-state index < -0.39 is 15.5 Å². The first kappa shape index (κ1) is 28.0. The number of rotatable bonds is 10. The Morgan fingerprint density at radius 2 is 1.41 bits per heavy atom. The van der Waals surface area contributed by atoms with Gasteiger partial charge in [0, 0.05) is 0 Å². The molecule has 0 atom stereocenters. The average Bonchev–Trinajstić information content (AvgIpc) is 2.84. The third kappa shape index (κ3) is 9.44. The molecule has 0 radical (unpaired) electrons. The molecule has 0 amide bonds. The standard InChI is InChI=1S/C27H26N4O4Se2/c1-27(2,3)18-23(36-21-10-6-4-7-11-21)17-24(37-22-12-8-5-9-13-22)19-28-29-25-15-14-20(30(32)33)16-26(25)31(34)35/h4-19,29H,1-3H3/b23-18-,24-17+,28-19+. The number of hydrogen-bond donors (Lipinski definition) is 1. The number of hydrogen-bond acceptors (Lipinski definition) is 6. The van der Waals surface area contributed by atoms with Gasteiger partial charge >= 0.3 is 229 Å². The summed E-state index contributed by atoms with van der Waals surface area (Å²) in [4.78, 5) is 21.2. The number of nitro benzene ring substituents is 2. The monoisotopic (exact) mass is 630 g/mol. The second kappa shape index (κ2) is 13.1. The van der Waals surface area contributed by atoms with Crippen LogP contribution >= 0.6 is 0 Å². The van der Waals surface area contributed by atoms with Crippen molar-refractivity contribution in [1.29, 1.82) is 0 Å². The SMILES string of the molecule is CC(C)(C)/C=C(/C=C(\C=N\Nc1ccc([N+](=O)[O-])cc1[N+](=O)[O-])[Se]c1ccccc1)[Se]c1ccccc1. The van der Waals surface area contributed by atoms with Gasteiger partial charge in [-0.15, -0.1) is 0 Å². The molecule has 0 heterocycles. The third-order valence-corrected chi connectivity index (χ3v) is 8.67. The number of anilines is 1. The van der Waals surface area contributed by atoms with E-state index in [-0.39, 0.29) is 46.7 Å². The fourth-order valence-electron chi connectivity index (χ4n) is 3.05. The van der Waals surface area contributed by atoms with Crippen LogP contribution in [0.1, 0.15) is 20.8 Å². The summed E-state index contributed by atoms with van der Waals surface area (Å²) >= 11 is 0.00255. The van der Waals surface area contributed by atoms with Crippen molar-refractivity contribution in [2.24, 2.45) is 10.5 Å². The summed E-state index contributed by atoms with van der Waals surface area (Å²) in [5, 5.41) is 26.8. The maximum atomic E-state index is 11.5. The van der Waals surface area contributed by atoms with Gasteiger partial charge in [0.05, 0.1) is 0 Å². The van der Waals surface area contributed by atoms with Crippen molar-refractivity contribution >= 4 is 62.1 Å². The molecule has 0 bridgehead atoms. The van der Waals surface area contributed by atoms with Gasteiger partial charge in [-0.3, -0.25) is 0 Å². The molecule has 1 N–H and O–H groups in total. The van der Waals surface area contributed by atoms with E-state index in [1.165, 1.54) is 21.1 Å². The molecule has 0 fully saturated rings. The van der Waals surface area contributed by atoms with Crippen LogP contribution < -0.4 is 14.3 Å². The van der Waals surface area contributed by atoms with E-state index >= 15 is 0 Å². The van der Waals surface area contributed by atoms with Gasteiger partial charge < -0.3 is 0 Å². The second-order valence-electron chi connectivity index (χ2n) is 8.88. The van der Waals surface area contributed by atoms with Crippen LogP contribution in [0.25, 0.3) is 0 Å². The number of non-ortho nitro benzene ring substituents is 1. The molecule has 190 valence electrons. The number of nitrogens with one attached hydrogen (secondary N) is 1. The molecule has 0 unspecified atom stereocenters. The van der Waals surface area contributed by atoms with Crippen molar-refractivity contribution in [3.05, 3.63) is 120 Å². The van der Waals surface area contributed by atoms with Crippen molar-refractivity contribution in [2.75, 3.05) is 5.43 Å². The summed E-state index contributed by atoms with van der Waals surface area (Å²) in [5.41, 5.74) is 2.00. The average molecular weight is 628 g/mol. The van der Waals surface area contributed by atoms with Gasteiger partial charge in [-0.25, -0.2) is 0 Å². The maximum absolute atomic E-state index is 11.5. The Morgan fingerprint density at radius 1 is 0.838 bits per heavy atom. The molecule has 0 aliphatic heterocycles. The van der Waals surface area contributed by atoms with Crippen LogP contribution in [0.15, 0.2) is 105 Å². The van der Waals surface area contributed by atoms with Gasteiger partial charge in [-0.1, -0.05) is 0 Å². The summed E-state index contributed by atoms with van der Waals surface area (Å²) in [6.07, 6.45) is 6.10. The Labute approximate surface area is 228 Å². The Bertz CT molecular complexity index is 1340. The predicted molar refractivity (Wildman–Crippen MR) is 151 cm³/mol. The minimum absolute atomic E-state index is 0.0258. The first-order valence-electron chi connectivity index (χ1n) is 11.2. The van der Waals surface area contributed by atoms with Crippen molar-refractivity contribution in [1.82, 2.24) is 0 Å². The van der Waals surface area contributed by atoms with Crippen LogP contribution in [0.5, 0.6) is 0 Å². The summed E-state index contributed by atoms with van der Waals surface area (Å²) in [5.74, 6) is 0. The van der Waals surface area contributed by atoms with Gasteiger partial charge in [-0.05, 0) is 0 Å². The van der Waals surface area contributed by atoms with Crippen molar-refractivity contribution in [3.8, 4) is 0 Å². The number of hydrazone groups is 1. The van der Waals surface area contributed by atoms with Gasteiger partial charge in [0.25, 0.3) is 0 Å². The molecule has 8 nitrogen and oxygen atoms in total. The first-order valence-corrected chi connectivity index (χ1v) is 14.7. The molecule has 0 spiro atoms. The Kier molecular flexibility index (Phi) is 9.94. The summed E-state index contributed by atoms with van der Waals surface area (Å²) < 4.78 is 4.59. The van der Waals surface area contributed by atoms with Gasteiger partial charge in [0.1, 0.15) is 0 Å². The molecule has 0 aliphatic rings. The number of nitrogens with zero attached hydrogens (tertiary/aromatic N) is 3. The van der Waals surface area contributed by atoms with Gasteiger partial charge in [0.15, 0.2) is 0 Å². The topological polar surface area (TPSA) is 111 Å².